The monoisotopic (exact) mass is 257 g/mol. The van der Waals surface area contributed by atoms with Crippen molar-refractivity contribution in [2.45, 2.75) is 6.42 Å². The average Bonchev–Trinajstić information content (AvgIpc) is 2.40. The van der Waals surface area contributed by atoms with Crippen molar-refractivity contribution in [3.05, 3.63) is 48.0 Å². The maximum Gasteiger partial charge on any atom is 0.307 e. The van der Waals surface area contributed by atoms with Crippen LogP contribution in [0.2, 0.25) is 0 Å². The number of aliphatic carboxylic acids is 1. The van der Waals surface area contributed by atoms with Crippen LogP contribution >= 0.6 is 0 Å². The summed E-state index contributed by atoms with van der Waals surface area (Å²) in [6.45, 7) is 0. The highest BCUT2D eigenvalue weighted by atomic mass is 16.5. The second-order valence-corrected chi connectivity index (χ2v) is 4.22. The smallest absolute Gasteiger partial charge is 0.307 e. The van der Waals surface area contributed by atoms with Gasteiger partial charge in [-0.15, -0.1) is 0 Å². The summed E-state index contributed by atoms with van der Waals surface area (Å²) in [6, 6.07) is 12.8. The molecule has 2 aromatic carbocycles. The van der Waals surface area contributed by atoms with Gasteiger partial charge in [-0.2, -0.15) is 0 Å². The van der Waals surface area contributed by atoms with E-state index in [4.69, 9.17) is 15.6 Å². The Bertz CT molecular complexity index is 591. The Morgan fingerprint density at radius 1 is 1.21 bits per heavy atom. The van der Waals surface area contributed by atoms with Gasteiger partial charge in [0.2, 0.25) is 0 Å². The fourth-order valence-electron chi connectivity index (χ4n) is 1.91. The quantitative estimate of drug-likeness (QED) is 0.826. The number of anilines is 1. The van der Waals surface area contributed by atoms with Crippen LogP contribution in [0.5, 0.6) is 5.75 Å². The van der Waals surface area contributed by atoms with E-state index in [1.165, 1.54) is 0 Å². The number of nitrogen functional groups attached to an aromatic ring is 1. The van der Waals surface area contributed by atoms with Crippen LogP contribution in [-0.4, -0.2) is 18.2 Å². The Balaban J connectivity index is 2.39. The number of hydrogen-bond acceptors (Lipinski definition) is 3. The predicted octanol–water partition coefficient (Wildman–Crippen LogP) is 2.57. The average molecular weight is 257 g/mol. The third-order valence-corrected chi connectivity index (χ3v) is 2.87. The highest BCUT2D eigenvalue weighted by Gasteiger charge is 2.07. The number of nitrogens with two attached hydrogens (primary N) is 1. The summed E-state index contributed by atoms with van der Waals surface area (Å²) < 4.78 is 5.10. The molecule has 19 heavy (non-hydrogen) atoms. The molecule has 4 heteroatoms. The number of carbonyl (C=O) groups is 1. The Morgan fingerprint density at radius 2 is 1.89 bits per heavy atom. The maximum atomic E-state index is 10.7. The van der Waals surface area contributed by atoms with E-state index < -0.39 is 5.97 Å². The molecule has 0 aromatic heterocycles. The van der Waals surface area contributed by atoms with Crippen LogP contribution in [-0.2, 0) is 11.2 Å². The molecule has 0 heterocycles. The Hall–Kier alpha value is -2.49. The first-order valence-corrected chi connectivity index (χ1v) is 5.85. The number of methoxy groups -OCH3 is 1. The standard InChI is InChI=1S/C15H15NO3/c1-19-12-5-3-11(4-6-12)13-8-10(9-15(17)18)2-7-14(13)16/h2-8H,9,16H2,1H3,(H,17,18). The number of rotatable bonds is 4. The molecular weight excluding hydrogens is 242 g/mol. The molecule has 3 N–H and O–H groups in total. The van der Waals surface area contributed by atoms with Gasteiger partial charge in [-0.3, -0.25) is 4.79 Å². The minimum Gasteiger partial charge on any atom is -0.497 e. The summed E-state index contributed by atoms with van der Waals surface area (Å²) in [7, 11) is 1.61. The van der Waals surface area contributed by atoms with Gasteiger partial charge in [0, 0.05) is 11.3 Å². The van der Waals surface area contributed by atoms with E-state index in [9.17, 15) is 4.79 Å². The van der Waals surface area contributed by atoms with Gasteiger partial charge >= 0.3 is 5.97 Å². The summed E-state index contributed by atoms with van der Waals surface area (Å²) in [6.07, 6.45) is -0.0105. The van der Waals surface area contributed by atoms with E-state index in [1.807, 2.05) is 30.3 Å². The Labute approximate surface area is 111 Å². The molecule has 0 spiro atoms. The fraction of sp³-hybridized carbons (Fsp3) is 0.133. The third kappa shape index (κ3) is 3.04. The predicted molar refractivity (Wildman–Crippen MR) is 74.2 cm³/mol. The first-order chi connectivity index (χ1) is 9.10. The largest absolute Gasteiger partial charge is 0.497 e. The lowest BCUT2D eigenvalue weighted by atomic mass is 10.00. The zero-order chi connectivity index (χ0) is 13.8. The van der Waals surface area contributed by atoms with Gasteiger partial charge in [0.25, 0.3) is 0 Å². The first-order valence-electron chi connectivity index (χ1n) is 5.85. The lowest BCUT2D eigenvalue weighted by molar-refractivity contribution is -0.136. The molecule has 0 saturated carbocycles. The van der Waals surface area contributed by atoms with Gasteiger partial charge in [0.15, 0.2) is 0 Å². The molecule has 2 aromatic rings. The molecule has 0 fully saturated rings. The van der Waals surface area contributed by atoms with Crippen molar-refractivity contribution in [1.82, 2.24) is 0 Å². The molecule has 0 atom stereocenters. The van der Waals surface area contributed by atoms with E-state index in [-0.39, 0.29) is 6.42 Å². The number of carboxylic acid groups (broad SMARTS) is 1. The van der Waals surface area contributed by atoms with Crippen molar-refractivity contribution in [2.75, 3.05) is 12.8 Å². The normalized spacial score (nSPS) is 10.2. The Kier molecular flexibility index (Phi) is 3.71. The van der Waals surface area contributed by atoms with Gasteiger partial charge in [-0.25, -0.2) is 0 Å². The summed E-state index contributed by atoms with van der Waals surface area (Å²) in [5.74, 6) is -0.0885. The molecule has 0 radical (unpaired) electrons. The number of hydrogen-bond donors (Lipinski definition) is 2. The fourth-order valence-corrected chi connectivity index (χ4v) is 1.91. The van der Waals surface area contributed by atoms with E-state index in [2.05, 4.69) is 0 Å². The van der Waals surface area contributed by atoms with Gasteiger partial charge in [-0.1, -0.05) is 18.2 Å². The summed E-state index contributed by atoms with van der Waals surface area (Å²) in [5.41, 5.74) is 9.07. The van der Waals surface area contributed by atoms with E-state index in [1.54, 1.807) is 19.2 Å². The number of benzene rings is 2. The van der Waals surface area contributed by atoms with Crippen LogP contribution in [0, 0.1) is 0 Å². The van der Waals surface area contributed by atoms with Gasteiger partial charge in [-0.05, 0) is 35.4 Å². The van der Waals surface area contributed by atoms with Crippen LogP contribution < -0.4 is 10.5 Å². The highest BCUT2D eigenvalue weighted by molar-refractivity contribution is 5.79. The van der Waals surface area contributed by atoms with E-state index in [0.717, 1.165) is 22.4 Å². The summed E-state index contributed by atoms with van der Waals surface area (Å²) in [5, 5.41) is 8.82. The molecule has 0 unspecified atom stereocenters. The van der Waals surface area contributed by atoms with E-state index in [0.29, 0.717) is 5.69 Å². The van der Waals surface area contributed by atoms with Crippen molar-refractivity contribution in [3.8, 4) is 16.9 Å². The molecule has 0 amide bonds. The molecule has 0 saturated heterocycles. The molecule has 0 bridgehead atoms. The SMILES string of the molecule is COc1ccc(-c2cc(CC(=O)O)ccc2N)cc1. The van der Waals surface area contributed by atoms with Crippen molar-refractivity contribution >= 4 is 11.7 Å². The number of ether oxygens (including phenoxy) is 1. The van der Waals surface area contributed by atoms with Crippen LogP contribution in [0.4, 0.5) is 5.69 Å². The second kappa shape index (κ2) is 5.44. The first kappa shape index (κ1) is 13.0. The van der Waals surface area contributed by atoms with Gasteiger partial charge < -0.3 is 15.6 Å². The van der Waals surface area contributed by atoms with Crippen molar-refractivity contribution in [1.29, 1.82) is 0 Å². The zero-order valence-corrected chi connectivity index (χ0v) is 10.6. The molecule has 4 nitrogen and oxygen atoms in total. The molecule has 98 valence electrons. The molecule has 0 aliphatic carbocycles. The van der Waals surface area contributed by atoms with Gasteiger partial charge in [0.1, 0.15) is 5.75 Å². The highest BCUT2D eigenvalue weighted by Crippen LogP contribution is 2.28. The lowest BCUT2D eigenvalue weighted by Crippen LogP contribution is -2.01. The second-order valence-electron chi connectivity index (χ2n) is 4.22. The third-order valence-electron chi connectivity index (χ3n) is 2.87. The van der Waals surface area contributed by atoms with Crippen molar-refractivity contribution in [3.63, 3.8) is 0 Å². The van der Waals surface area contributed by atoms with Crippen molar-refractivity contribution < 1.29 is 14.6 Å². The number of carboxylic acids is 1. The topological polar surface area (TPSA) is 72.5 Å². The molecule has 2 rings (SSSR count). The maximum absolute atomic E-state index is 10.7. The minimum absolute atomic E-state index is 0.0105. The molecule has 0 aliphatic heterocycles. The molecule has 0 aliphatic rings. The summed E-state index contributed by atoms with van der Waals surface area (Å²) in [4.78, 5) is 10.7. The van der Waals surface area contributed by atoms with Gasteiger partial charge in [0.05, 0.1) is 13.5 Å². The van der Waals surface area contributed by atoms with Crippen LogP contribution in [0.3, 0.4) is 0 Å². The van der Waals surface area contributed by atoms with Crippen LogP contribution in [0.15, 0.2) is 42.5 Å². The lowest BCUT2D eigenvalue weighted by Gasteiger charge is -2.09. The van der Waals surface area contributed by atoms with Crippen molar-refractivity contribution in [2.24, 2.45) is 0 Å². The van der Waals surface area contributed by atoms with E-state index >= 15 is 0 Å². The Morgan fingerprint density at radius 3 is 2.47 bits per heavy atom. The zero-order valence-electron chi connectivity index (χ0n) is 10.6. The molecular formula is C15H15NO3. The van der Waals surface area contributed by atoms with Crippen LogP contribution in [0.1, 0.15) is 5.56 Å². The summed E-state index contributed by atoms with van der Waals surface area (Å²) >= 11 is 0. The minimum atomic E-state index is -0.856. The van der Waals surface area contributed by atoms with Crippen LogP contribution in [0.25, 0.3) is 11.1 Å².